The molecule has 3 rings (SSSR count). The second-order valence-corrected chi connectivity index (χ2v) is 7.25. The third-order valence-corrected chi connectivity index (χ3v) is 5.23. The van der Waals surface area contributed by atoms with Crippen LogP contribution in [-0.4, -0.2) is 21.8 Å². The van der Waals surface area contributed by atoms with Crippen molar-refractivity contribution in [2.45, 2.75) is 23.5 Å². The van der Waals surface area contributed by atoms with Crippen LogP contribution in [0.25, 0.3) is 11.4 Å². The van der Waals surface area contributed by atoms with Gasteiger partial charge in [-0.3, -0.25) is 4.79 Å². The molecule has 0 spiro atoms. The number of rotatable bonds is 7. The lowest BCUT2D eigenvalue weighted by atomic mass is 10.2. The fourth-order valence-corrected chi connectivity index (χ4v) is 3.66. The van der Waals surface area contributed by atoms with Gasteiger partial charge in [0.2, 0.25) is 17.6 Å². The highest BCUT2D eigenvalue weighted by atomic mass is 35.5. The summed E-state index contributed by atoms with van der Waals surface area (Å²) in [5.74, 6) is -2.21. The van der Waals surface area contributed by atoms with Gasteiger partial charge in [0, 0.05) is 23.8 Å². The number of halogens is 3. The number of aromatic nitrogens is 2. The third kappa shape index (κ3) is 4.80. The molecule has 1 amide bonds. The highest BCUT2D eigenvalue weighted by Gasteiger charge is 2.16. The molecule has 0 aliphatic rings. The van der Waals surface area contributed by atoms with Crippen LogP contribution < -0.4 is 5.32 Å². The maximum absolute atomic E-state index is 12.7. The number of carbonyl (C=O) groups excluding carboxylic acids is 1. The Bertz CT molecular complexity index is 888. The van der Waals surface area contributed by atoms with Gasteiger partial charge in [-0.25, -0.2) is 0 Å². The number of nitrogens with zero attached hydrogens (tertiary/aromatic N) is 2. The van der Waals surface area contributed by atoms with Crippen molar-refractivity contribution in [1.29, 1.82) is 0 Å². The van der Waals surface area contributed by atoms with Crippen LogP contribution >= 0.6 is 34.7 Å². The van der Waals surface area contributed by atoms with Crippen molar-refractivity contribution < 1.29 is 18.1 Å². The van der Waals surface area contributed by atoms with Gasteiger partial charge in [0.25, 0.3) is 5.76 Å². The van der Waals surface area contributed by atoms with Gasteiger partial charge in [-0.2, -0.15) is 25.1 Å². The lowest BCUT2D eigenvalue weighted by Gasteiger charge is -2.11. The summed E-state index contributed by atoms with van der Waals surface area (Å²) in [6.45, 7) is 0. The minimum absolute atomic E-state index is 0.0660. The second kappa shape index (κ2) is 8.61. The first-order chi connectivity index (χ1) is 12.5. The number of anilines is 1. The summed E-state index contributed by atoms with van der Waals surface area (Å²) in [4.78, 5) is 16.5. The first kappa shape index (κ1) is 18.8. The number of thiophene rings is 1. The molecule has 136 valence electrons. The Morgan fingerprint density at radius 2 is 2.23 bits per heavy atom. The Hall–Kier alpha value is -1.97. The molecule has 0 radical (unpaired) electrons. The Balaban J connectivity index is 1.61. The molecule has 3 aromatic rings. The fourth-order valence-electron chi connectivity index (χ4n) is 2.11. The molecule has 0 saturated carbocycles. The van der Waals surface area contributed by atoms with Crippen LogP contribution in [0.15, 0.2) is 44.4 Å². The Kier molecular flexibility index (Phi) is 6.23. The van der Waals surface area contributed by atoms with Gasteiger partial charge >= 0.3 is 0 Å². The Morgan fingerprint density at radius 1 is 1.38 bits per heavy atom. The summed E-state index contributed by atoms with van der Waals surface area (Å²) in [6.07, 6.45) is 0.303. The number of alkyl halides is 2. The third-order valence-electron chi connectivity index (χ3n) is 3.26. The van der Waals surface area contributed by atoms with E-state index in [1.54, 1.807) is 6.07 Å². The van der Waals surface area contributed by atoms with Crippen LogP contribution in [0.1, 0.15) is 12.3 Å². The zero-order valence-electron chi connectivity index (χ0n) is 13.1. The summed E-state index contributed by atoms with van der Waals surface area (Å²) in [7, 11) is 0. The van der Waals surface area contributed by atoms with Crippen LogP contribution in [0, 0.1) is 0 Å². The first-order valence-corrected chi connectivity index (χ1v) is 9.61. The molecule has 1 N–H and O–H groups in total. The van der Waals surface area contributed by atoms with Gasteiger partial charge in [-0.15, -0.1) is 0 Å². The minimum Gasteiger partial charge on any atom is -0.339 e. The van der Waals surface area contributed by atoms with Crippen molar-refractivity contribution >= 4 is 46.3 Å². The van der Waals surface area contributed by atoms with Crippen molar-refractivity contribution in [3.63, 3.8) is 0 Å². The van der Waals surface area contributed by atoms with Crippen LogP contribution in [0.3, 0.4) is 0 Å². The lowest BCUT2D eigenvalue weighted by molar-refractivity contribution is -0.116. The lowest BCUT2D eigenvalue weighted by Crippen LogP contribution is -2.13. The fraction of sp³-hybridized carbons (Fsp3) is 0.188. The van der Waals surface area contributed by atoms with E-state index in [1.165, 1.54) is 23.5 Å². The van der Waals surface area contributed by atoms with Crippen molar-refractivity contribution in [3.8, 4) is 11.4 Å². The largest absolute Gasteiger partial charge is 0.339 e. The molecule has 10 heteroatoms. The van der Waals surface area contributed by atoms with E-state index < -0.39 is 5.76 Å². The smallest absolute Gasteiger partial charge is 0.289 e. The van der Waals surface area contributed by atoms with Gasteiger partial charge < -0.3 is 9.84 Å². The van der Waals surface area contributed by atoms with Crippen LogP contribution in [0.5, 0.6) is 0 Å². The first-order valence-electron chi connectivity index (χ1n) is 7.41. The van der Waals surface area contributed by atoms with Crippen LogP contribution in [0.4, 0.5) is 14.5 Å². The summed E-state index contributed by atoms with van der Waals surface area (Å²) in [5.41, 5.74) is 1.10. The molecule has 1 aromatic carbocycles. The molecule has 0 aliphatic heterocycles. The highest BCUT2D eigenvalue weighted by Crippen LogP contribution is 2.37. The van der Waals surface area contributed by atoms with E-state index in [9.17, 15) is 13.6 Å². The van der Waals surface area contributed by atoms with Crippen molar-refractivity contribution in [2.24, 2.45) is 0 Å². The zero-order valence-corrected chi connectivity index (χ0v) is 15.5. The summed E-state index contributed by atoms with van der Waals surface area (Å²) in [5, 5.41) is 10.4. The standard InChI is InChI=1S/C16H12ClF2N3O2S2/c17-10-2-1-3-11(14(10)26-16(18)19)20-12(23)4-5-13-21-15(22-24-13)9-6-7-25-8-9/h1-3,6-8,16H,4-5H2,(H,20,23). The number of benzene rings is 1. The second-order valence-electron chi connectivity index (χ2n) is 5.07. The molecular weight excluding hydrogens is 404 g/mol. The number of amides is 1. The van der Waals surface area contributed by atoms with Gasteiger partial charge in [0.1, 0.15) is 0 Å². The molecular formula is C16H12ClF2N3O2S2. The summed E-state index contributed by atoms with van der Waals surface area (Å²) in [6, 6.07) is 6.47. The monoisotopic (exact) mass is 415 g/mol. The number of hydrogen-bond donors (Lipinski definition) is 1. The molecule has 0 bridgehead atoms. The van der Waals surface area contributed by atoms with Crippen molar-refractivity contribution in [1.82, 2.24) is 10.1 Å². The van der Waals surface area contributed by atoms with Gasteiger partial charge in [0.15, 0.2) is 0 Å². The molecule has 2 aromatic heterocycles. The topological polar surface area (TPSA) is 68.0 Å². The SMILES string of the molecule is O=C(CCc1nc(-c2ccsc2)no1)Nc1cccc(Cl)c1SC(F)F. The van der Waals surface area contributed by atoms with E-state index in [2.05, 4.69) is 15.5 Å². The van der Waals surface area contributed by atoms with Gasteiger partial charge in [-0.1, -0.05) is 34.6 Å². The molecule has 5 nitrogen and oxygen atoms in total. The van der Waals surface area contributed by atoms with E-state index in [4.69, 9.17) is 16.1 Å². The van der Waals surface area contributed by atoms with Crippen molar-refractivity contribution in [3.05, 3.63) is 45.9 Å². The number of thioether (sulfide) groups is 1. The van der Waals surface area contributed by atoms with Crippen LogP contribution in [0.2, 0.25) is 5.02 Å². The molecule has 26 heavy (non-hydrogen) atoms. The highest BCUT2D eigenvalue weighted by molar-refractivity contribution is 7.99. The molecule has 0 unspecified atom stereocenters. The molecule has 0 saturated heterocycles. The summed E-state index contributed by atoms with van der Waals surface area (Å²) >= 11 is 7.75. The van der Waals surface area contributed by atoms with E-state index >= 15 is 0 Å². The normalized spacial score (nSPS) is 11.1. The number of nitrogens with one attached hydrogen (secondary N) is 1. The molecule has 0 aliphatic carbocycles. The van der Waals surface area contributed by atoms with E-state index in [1.807, 2.05) is 16.8 Å². The van der Waals surface area contributed by atoms with E-state index in [-0.39, 0.29) is 34.4 Å². The van der Waals surface area contributed by atoms with Gasteiger partial charge in [-0.05, 0) is 23.6 Å². The number of hydrogen-bond acceptors (Lipinski definition) is 6. The molecule has 0 atom stereocenters. The predicted molar refractivity (Wildman–Crippen MR) is 97.9 cm³/mol. The quantitative estimate of drug-likeness (QED) is 0.527. The predicted octanol–water partition coefficient (Wildman–Crippen LogP) is 5.34. The summed E-state index contributed by atoms with van der Waals surface area (Å²) < 4.78 is 30.5. The molecule has 0 fully saturated rings. The van der Waals surface area contributed by atoms with E-state index in [0.29, 0.717) is 23.5 Å². The van der Waals surface area contributed by atoms with Crippen LogP contribution in [-0.2, 0) is 11.2 Å². The van der Waals surface area contributed by atoms with Gasteiger partial charge in [0.05, 0.1) is 15.6 Å². The zero-order chi connectivity index (χ0) is 18.5. The van der Waals surface area contributed by atoms with E-state index in [0.717, 1.165) is 5.56 Å². The minimum atomic E-state index is -2.64. The molecule has 2 heterocycles. The maximum Gasteiger partial charge on any atom is 0.289 e. The number of carbonyl (C=O) groups is 1. The maximum atomic E-state index is 12.7. The van der Waals surface area contributed by atoms with Crippen molar-refractivity contribution in [2.75, 3.05) is 5.32 Å². The Labute approximate surface area is 160 Å². The average Bonchev–Trinajstić information content (AvgIpc) is 3.26. The number of aryl methyl sites for hydroxylation is 1. The Morgan fingerprint density at radius 3 is 2.96 bits per heavy atom. The average molecular weight is 416 g/mol.